The molecule has 1 N–H and O–H groups in total. The standard InChI is InChI=1S/C28H21Cl2N3O3/c1-16(27(34)33-26-22(30)14-19(29)15-31-26)36-28(35)24-20-9-5-6-10-23(20)32-25-18(11-12-21(24)25)13-17-7-3-2-4-8-17/h2-10,13-16H,11-12H2,1H3,(H,31,33,34)/b18-13+/t16-/m1/s1. The molecule has 6 nitrogen and oxygen atoms in total. The van der Waals surface area contributed by atoms with Gasteiger partial charge in [0.15, 0.2) is 11.9 Å². The molecule has 0 fully saturated rings. The first-order chi connectivity index (χ1) is 17.4. The molecule has 0 unspecified atom stereocenters. The monoisotopic (exact) mass is 517 g/mol. The summed E-state index contributed by atoms with van der Waals surface area (Å²) < 4.78 is 5.63. The van der Waals surface area contributed by atoms with Crippen LogP contribution in [0, 0.1) is 0 Å². The zero-order valence-corrected chi connectivity index (χ0v) is 20.8. The Morgan fingerprint density at radius 1 is 1.06 bits per heavy atom. The van der Waals surface area contributed by atoms with Crippen LogP contribution in [0.3, 0.4) is 0 Å². The van der Waals surface area contributed by atoms with Crippen molar-refractivity contribution in [1.82, 2.24) is 9.97 Å². The van der Waals surface area contributed by atoms with E-state index in [1.807, 2.05) is 54.6 Å². The first kappa shape index (κ1) is 24.0. The normalized spacial score (nSPS) is 14.5. The average molecular weight is 518 g/mol. The van der Waals surface area contributed by atoms with E-state index in [-0.39, 0.29) is 10.8 Å². The average Bonchev–Trinajstić information content (AvgIpc) is 3.26. The number of rotatable bonds is 5. The molecule has 1 atom stereocenters. The van der Waals surface area contributed by atoms with Gasteiger partial charge in [-0.2, -0.15) is 0 Å². The van der Waals surface area contributed by atoms with Gasteiger partial charge in [-0.05, 0) is 54.7 Å². The molecule has 0 saturated heterocycles. The molecule has 0 bridgehead atoms. The Kier molecular flexibility index (Phi) is 6.72. The van der Waals surface area contributed by atoms with Crippen molar-refractivity contribution >= 4 is 63.4 Å². The van der Waals surface area contributed by atoms with Gasteiger partial charge in [0.2, 0.25) is 0 Å². The highest BCUT2D eigenvalue weighted by Crippen LogP contribution is 2.38. The third-order valence-corrected chi connectivity index (χ3v) is 6.48. The number of allylic oxidation sites excluding steroid dienone is 1. The molecular weight excluding hydrogens is 497 g/mol. The summed E-state index contributed by atoms with van der Waals surface area (Å²) in [5.74, 6) is -0.997. The van der Waals surface area contributed by atoms with Crippen molar-refractivity contribution in [3.8, 4) is 0 Å². The van der Waals surface area contributed by atoms with Crippen LogP contribution >= 0.6 is 23.2 Å². The first-order valence-corrected chi connectivity index (χ1v) is 12.2. The van der Waals surface area contributed by atoms with Crippen molar-refractivity contribution in [2.75, 3.05) is 5.32 Å². The molecular formula is C28H21Cl2N3O3. The van der Waals surface area contributed by atoms with Crippen LogP contribution in [0.25, 0.3) is 22.6 Å². The summed E-state index contributed by atoms with van der Waals surface area (Å²) >= 11 is 12.0. The molecule has 8 heteroatoms. The van der Waals surface area contributed by atoms with Crippen LogP contribution in [0.5, 0.6) is 0 Å². The first-order valence-electron chi connectivity index (χ1n) is 11.4. The number of amides is 1. The fourth-order valence-corrected chi connectivity index (χ4v) is 4.69. The molecule has 0 saturated carbocycles. The molecule has 2 aromatic carbocycles. The Hall–Kier alpha value is -3.74. The van der Waals surface area contributed by atoms with Crippen molar-refractivity contribution in [2.24, 2.45) is 0 Å². The van der Waals surface area contributed by atoms with Gasteiger partial charge in [-0.3, -0.25) is 4.79 Å². The van der Waals surface area contributed by atoms with Crippen LogP contribution in [-0.4, -0.2) is 27.9 Å². The molecule has 1 amide bonds. The highest BCUT2D eigenvalue weighted by molar-refractivity contribution is 6.36. The van der Waals surface area contributed by atoms with Crippen molar-refractivity contribution in [1.29, 1.82) is 0 Å². The van der Waals surface area contributed by atoms with Crippen LogP contribution in [0.15, 0.2) is 66.9 Å². The van der Waals surface area contributed by atoms with Gasteiger partial charge in [-0.15, -0.1) is 0 Å². The maximum Gasteiger partial charge on any atom is 0.339 e. The number of para-hydroxylation sites is 1. The van der Waals surface area contributed by atoms with Crippen molar-refractivity contribution in [2.45, 2.75) is 25.9 Å². The number of halogens is 2. The lowest BCUT2D eigenvalue weighted by Gasteiger charge is -2.16. The predicted octanol–water partition coefficient (Wildman–Crippen LogP) is 6.61. The van der Waals surface area contributed by atoms with E-state index < -0.39 is 18.0 Å². The van der Waals surface area contributed by atoms with Gasteiger partial charge in [-0.1, -0.05) is 71.7 Å². The lowest BCUT2D eigenvalue weighted by Crippen LogP contribution is -2.30. The van der Waals surface area contributed by atoms with Crippen LogP contribution < -0.4 is 5.32 Å². The van der Waals surface area contributed by atoms with E-state index in [9.17, 15) is 9.59 Å². The smallest absolute Gasteiger partial charge is 0.339 e. The number of ether oxygens (including phenoxy) is 1. The molecule has 180 valence electrons. The van der Waals surface area contributed by atoms with Crippen molar-refractivity contribution < 1.29 is 14.3 Å². The van der Waals surface area contributed by atoms with Gasteiger partial charge < -0.3 is 10.1 Å². The van der Waals surface area contributed by atoms with Crippen LogP contribution in [-0.2, 0) is 16.0 Å². The molecule has 5 rings (SSSR count). The van der Waals surface area contributed by atoms with Gasteiger partial charge in [0, 0.05) is 11.6 Å². The number of hydrogen-bond acceptors (Lipinski definition) is 5. The number of carbonyl (C=O) groups is 2. The number of anilines is 1. The Morgan fingerprint density at radius 3 is 2.58 bits per heavy atom. The third kappa shape index (κ3) is 4.83. The Morgan fingerprint density at radius 2 is 1.81 bits per heavy atom. The van der Waals surface area contributed by atoms with E-state index in [1.165, 1.54) is 19.2 Å². The number of nitrogens with zero attached hydrogens (tertiary/aromatic N) is 2. The molecule has 1 aliphatic rings. The van der Waals surface area contributed by atoms with E-state index in [0.29, 0.717) is 27.9 Å². The number of pyridine rings is 2. The lowest BCUT2D eigenvalue weighted by atomic mass is 10.0. The maximum absolute atomic E-state index is 13.5. The van der Waals surface area contributed by atoms with Crippen molar-refractivity contribution in [3.63, 3.8) is 0 Å². The van der Waals surface area contributed by atoms with E-state index in [4.69, 9.17) is 32.9 Å². The van der Waals surface area contributed by atoms with Gasteiger partial charge >= 0.3 is 5.97 Å². The Bertz CT molecular complexity index is 1520. The summed E-state index contributed by atoms with van der Waals surface area (Å²) in [6.07, 6.45) is 3.79. The van der Waals surface area contributed by atoms with Gasteiger partial charge in [0.05, 0.1) is 26.8 Å². The number of esters is 1. The molecule has 1 aliphatic carbocycles. The number of hydrogen-bond donors (Lipinski definition) is 1. The number of aromatic nitrogens is 2. The number of benzene rings is 2. The van der Waals surface area contributed by atoms with Crippen LogP contribution in [0.1, 0.15) is 40.5 Å². The van der Waals surface area contributed by atoms with E-state index in [0.717, 1.165) is 28.8 Å². The quantitative estimate of drug-likeness (QED) is 0.301. The zero-order valence-electron chi connectivity index (χ0n) is 19.3. The predicted molar refractivity (Wildman–Crippen MR) is 142 cm³/mol. The molecule has 2 aromatic heterocycles. The minimum absolute atomic E-state index is 0.139. The Balaban J connectivity index is 1.45. The fraction of sp³-hybridized carbons (Fsp3) is 0.143. The zero-order chi connectivity index (χ0) is 25.2. The molecule has 0 spiro atoms. The van der Waals surface area contributed by atoms with E-state index >= 15 is 0 Å². The largest absolute Gasteiger partial charge is 0.449 e. The summed E-state index contributed by atoms with van der Waals surface area (Å²) in [6, 6.07) is 18.9. The highest BCUT2D eigenvalue weighted by atomic mass is 35.5. The summed E-state index contributed by atoms with van der Waals surface area (Å²) in [4.78, 5) is 35.1. The SMILES string of the molecule is C[C@@H](OC(=O)c1c2c(nc3ccccc13)/C(=C/c1ccccc1)CC2)C(=O)Nc1ncc(Cl)cc1Cl. The summed E-state index contributed by atoms with van der Waals surface area (Å²) in [5, 5.41) is 3.80. The van der Waals surface area contributed by atoms with Gasteiger partial charge in [0.25, 0.3) is 5.91 Å². The highest BCUT2D eigenvalue weighted by Gasteiger charge is 2.29. The number of carbonyl (C=O) groups excluding carboxylic acids is 2. The lowest BCUT2D eigenvalue weighted by molar-refractivity contribution is -0.123. The molecule has 0 aliphatic heterocycles. The summed E-state index contributed by atoms with van der Waals surface area (Å²) in [7, 11) is 0. The number of nitrogens with one attached hydrogen (secondary N) is 1. The third-order valence-electron chi connectivity index (χ3n) is 5.99. The summed E-state index contributed by atoms with van der Waals surface area (Å²) in [5.41, 5.74) is 4.88. The molecule has 0 radical (unpaired) electrons. The second-order valence-electron chi connectivity index (χ2n) is 8.43. The fourth-order valence-electron chi connectivity index (χ4n) is 4.26. The second-order valence-corrected chi connectivity index (χ2v) is 9.28. The van der Waals surface area contributed by atoms with Gasteiger partial charge in [0.1, 0.15) is 0 Å². The summed E-state index contributed by atoms with van der Waals surface area (Å²) in [6.45, 7) is 1.50. The van der Waals surface area contributed by atoms with Crippen LogP contribution in [0.2, 0.25) is 10.0 Å². The van der Waals surface area contributed by atoms with E-state index in [1.54, 1.807) is 0 Å². The number of fused-ring (bicyclic) bond motifs is 2. The minimum Gasteiger partial charge on any atom is -0.449 e. The Labute approximate surface area is 217 Å². The van der Waals surface area contributed by atoms with Crippen LogP contribution in [0.4, 0.5) is 5.82 Å². The molecule has 2 heterocycles. The second kappa shape index (κ2) is 10.1. The van der Waals surface area contributed by atoms with E-state index in [2.05, 4.69) is 16.4 Å². The van der Waals surface area contributed by atoms with Crippen molar-refractivity contribution in [3.05, 3.63) is 99.3 Å². The maximum atomic E-state index is 13.5. The molecule has 4 aromatic rings. The van der Waals surface area contributed by atoms with Gasteiger partial charge in [-0.25, -0.2) is 14.8 Å². The molecule has 36 heavy (non-hydrogen) atoms. The topological polar surface area (TPSA) is 81.2 Å². The minimum atomic E-state index is -1.09.